The summed E-state index contributed by atoms with van der Waals surface area (Å²) in [6.45, 7) is 4.84. The minimum Gasteiger partial charge on any atom is -0.458 e. The number of carbonyl (C=O) groups is 2. The van der Waals surface area contributed by atoms with Crippen LogP contribution in [0.2, 0.25) is 0 Å². The zero-order valence-corrected chi connectivity index (χ0v) is 16.8. The average molecular weight is 369 g/mol. The summed E-state index contributed by atoms with van der Waals surface area (Å²) in [5.74, 6) is 4.12. The van der Waals surface area contributed by atoms with E-state index in [1.54, 1.807) is 0 Å². The van der Waals surface area contributed by atoms with Gasteiger partial charge >= 0.3 is 5.97 Å². The van der Waals surface area contributed by atoms with Crippen LogP contribution in [0.1, 0.15) is 78.1 Å². The summed E-state index contributed by atoms with van der Waals surface area (Å²) in [5, 5.41) is 0. The highest BCUT2D eigenvalue weighted by atomic mass is 16.6. The zero-order chi connectivity index (χ0) is 18.6. The lowest BCUT2D eigenvalue weighted by atomic mass is 9.45. The SMILES string of the molecule is CC[C@]12CC[C@H]3[C@@H]([C@H]4C[C@H]4C4=CC(=O)CC[C@@]43C)[C@@H]1CC[C@@]21CCC(=O)O1. The number of allylic oxidation sites excluding steroid dienone is 1. The Labute approximate surface area is 162 Å². The van der Waals surface area contributed by atoms with E-state index >= 15 is 0 Å². The molecule has 0 aromatic heterocycles. The van der Waals surface area contributed by atoms with Gasteiger partial charge in [0.25, 0.3) is 0 Å². The third kappa shape index (κ3) is 1.85. The standard InChI is InChI=1S/C24H32O3/c1-3-23-9-5-17-21(18(23)6-10-24(23)11-7-20(26)27-24)16-13-15(16)19-12-14(25)4-8-22(17,19)2/h12,15-18,21H,3-11,13H2,1-2H3/t15-,16+,17+,18+,21-,22-,23+,24-/m1/s1. The van der Waals surface area contributed by atoms with E-state index in [0.717, 1.165) is 55.8 Å². The van der Waals surface area contributed by atoms with E-state index in [9.17, 15) is 9.59 Å². The Hall–Kier alpha value is -1.12. The molecule has 3 nitrogen and oxygen atoms in total. The summed E-state index contributed by atoms with van der Waals surface area (Å²) in [4.78, 5) is 24.2. The number of esters is 1. The van der Waals surface area contributed by atoms with E-state index in [-0.39, 0.29) is 22.4 Å². The largest absolute Gasteiger partial charge is 0.458 e. The summed E-state index contributed by atoms with van der Waals surface area (Å²) < 4.78 is 6.15. The van der Waals surface area contributed by atoms with Gasteiger partial charge < -0.3 is 4.74 Å². The molecule has 6 rings (SSSR count). The molecule has 5 fully saturated rings. The Morgan fingerprint density at radius 1 is 1.07 bits per heavy atom. The van der Waals surface area contributed by atoms with Gasteiger partial charge in [0.1, 0.15) is 5.60 Å². The second-order valence-electron chi connectivity index (χ2n) is 10.8. The molecule has 0 N–H and O–H groups in total. The molecule has 8 atom stereocenters. The molecule has 1 saturated heterocycles. The van der Waals surface area contributed by atoms with Crippen LogP contribution in [0.5, 0.6) is 0 Å². The van der Waals surface area contributed by atoms with Crippen molar-refractivity contribution in [2.45, 2.75) is 83.7 Å². The molecule has 6 aliphatic rings. The lowest BCUT2D eigenvalue weighted by Crippen LogP contribution is -2.56. The van der Waals surface area contributed by atoms with Crippen molar-refractivity contribution in [2.24, 2.45) is 40.4 Å². The fourth-order valence-electron chi connectivity index (χ4n) is 9.23. The summed E-state index contributed by atoms with van der Waals surface area (Å²) in [6, 6.07) is 0. The third-order valence-electron chi connectivity index (χ3n) is 10.4. The van der Waals surface area contributed by atoms with E-state index in [1.807, 2.05) is 0 Å². The van der Waals surface area contributed by atoms with Crippen LogP contribution >= 0.6 is 0 Å². The lowest BCUT2D eigenvalue weighted by molar-refractivity contribution is -0.173. The van der Waals surface area contributed by atoms with Gasteiger partial charge in [-0.2, -0.15) is 0 Å². The van der Waals surface area contributed by atoms with E-state index in [1.165, 1.54) is 31.3 Å². The second-order valence-corrected chi connectivity index (χ2v) is 10.8. The third-order valence-corrected chi connectivity index (χ3v) is 10.4. The molecule has 5 aliphatic carbocycles. The average Bonchev–Trinajstić information content (AvgIpc) is 3.27. The first kappa shape index (κ1) is 16.8. The molecule has 1 heterocycles. The fraction of sp³-hybridized carbons (Fsp3) is 0.833. The molecule has 1 aliphatic heterocycles. The van der Waals surface area contributed by atoms with Crippen LogP contribution in [-0.4, -0.2) is 17.4 Å². The van der Waals surface area contributed by atoms with Gasteiger partial charge in [-0.15, -0.1) is 0 Å². The number of hydrogen-bond donors (Lipinski definition) is 0. The van der Waals surface area contributed by atoms with E-state index < -0.39 is 0 Å². The monoisotopic (exact) mass is 368 g/mol. The normalized spacial score (nSPS) is 55.3. The Bertz CT molecular complexity index is 768. The van der Waals surface area contributed by atoms with Gasteiger partial charge in [-0.3, -0.25) is 9.59 Å². The topological polar surface area (TPSA) is 43.4 Å². The van der Waals surface area contributed by atoms with Gasteiger partial charge in [0, 0.05) is 18.3 Å². The molecule has 3 heteroatoms. The molecule has 0 unspecified atom stereocenters. The highest BCUT2D eigenvalue weighted by Crippen LogP contribution is 2.76. The molecule has 0 radical (unpaired) electrons. The highest BCUT2D eigenvalue weighted by molar-refractivity contribution is 5.92. The number of fused-ring (bicyclic) bond motifs is 9. The molecular weight excluding hydrogens is 336 g/mol. The molecule has 1 spiro atoms. The number of rotatable bonds is 1. The number of carbonyl (C=O) groups excluding carboxylic acids is 2. The zero-order valence-electron chi connectivity index (χ0n) is 16.8. The predicted octanol–water partition coefficient (Wildman–Crippen LogP) is 4.84. The smallest absolute Gasteiger partial charge is 0.306 e. The van der Waals surface area contributed by atoms with Crippen molar-refractivity contribution >= 4 is 11.8 Å². The van der Waals surface area contributed by atoms with Crippen molar-refractivity contribution in [3.63, 3.8) is 0 Å². The molecule has 4 saturated carbocycles. The molecule has 27 heavy (non-hydrogen) atoms. The Kier molecular flexibility index (Phi) is 3.16. The van der Waals surface area contributed by atoms with Crippen molar-refractivity contribution in [2.75, 3.05) is 0 Å². The van der Waals surface area contributed by atoms with Crippen molar-refractivity contribution in [1.29, 1.82) is 0 Å². The van der Waals surface area contributed by atoms with E-state index in [2.05, 4.69) is 19.9 Å². The van der Waals surface area contributed by atoms with Gasteiger partial charge in [0.2, 0.25) is 0 Å². The minimum absolute atomic E-state index is 0.0431. The maximum atomic E-state index is 12.1. The van der Waals surface area contributed by atoms with Gasteiger partial charge in [-0.05, 0) is 92.4 Å². The van der Waals surface area contributed by atoms with Gasteiger partial charge in [-0.25, -0.2) is 0 Å². The maximum absolute atomic E-state index is 12.1. The van der Waals surface area contributed by atoms with Crippen LogP contribution < -0.4 is 0 Å². The summed E-state index contributed by atoms with van der Waals surface area (Å²) in [6.07, 6.45) is 12.7. The van der Waals surface area contributed by atoms with Gasteiger partial charge in [0.05, 0.1) is 0 Å². The quantitative estimate of drug-likeness (QED) is 0.622. The van der Waals surface area contributed by atoms with E-state index in [0.29, 0.717) is 18.1 Å². The molecule has 0 aromatic carbocycles. The Morgan fingerprint density at radius 3 is 2.63 bits per heavy atom. The highest BCUT2D eigenvalue weighted by Gasteiger charge is 2.72. The van der Waals surface area contributed by atoms with Crippen LogP contribution in [0.3, 0.4) is 0 Å². The summed E-state index contributed by atoms with van der Waals surface area (Å²) >= 11 is 0. The van der Waals surface area contributed by atoms with Crippen LogP contribution in [0, 0.1) is 40.4 Å². The van der Waals surface area contributed by atoms with E-state index in [4.69, 9.17) is 4.74 Å². The maximum Gasteiger partial charge on any atom is 0.306 e. The molecular formula is C24H32O3. The molecule has 0 amide bonds. The summed E-state index contributed by atoms with van der Waals surface area (Å²) in [5.41, 5.74) is 1.83. The van der Waals surface area contributed by atoms with Crippen molar-refractivity contribution in [3.05, 3.63) is 11.6 Å². The van der Waals surface area contributed by atoms with Gasteiger partial charge in [-0.1, -0.05) is 19.4 Å². The van der Waals surface area contributed by atoms with Crippen LogP contribution in [0.4, 0.5) is 0 Å². The molecule has 146 valence electrons. The van der Waals surface area contributed by atoms with Crippen LogP contribution in [-0.2, 0) is 14.3 Å². The summed E-state index contributed by atoms with van der Waals surface area (Å²) in [7, 11) is 0. The Morgan fingerprint density at radius 2 is 1.89 bits per heavy atom. The number of hydrogen-bond acceptors (Lipinski definition) is 3. The first-order valence-electron chi connectivity index (χ1n) is 11.4. The lowest BCUT2D eigenvalue weighted by Gasteiger charge is -2.59. The first-order valence-corrected chi connectivity index (χ1v) is 11.4. The van der Waals surface area contributed by atoms with Crippen LogP contribution in [0.25, 0.3) is 0 Å². The Balaban J connectivity index is 1.42. The van der Waals surface area contributed by atoms with Crippen molar-refractivity contribution in [3.8, 4) is 0 Å². The van der Waals surface area contributed by atoms with Crippen molar-refractivity contribution < 1.29 is 14.3 Å². The first-order chi connectivity index (χ1) is 12.9. The van der Waals surface area contributed by atoms with Crippen molar-refractivity contribution in [1.82, 2.24) is 0 Å². The second kappa shape index (κ2) is 5.07. The number of ketones is 1. The van der Waals surface area contributed by atoms with Crippen LogP contribution in [0.15, 0.2) is 11.6 Å². The minimum atomic E-state index is -0.154. The molecule has 0 aromatic rings. The number of ether oxygens (including phenoxy) is 1. The van der Waals surface area contributed by atoms with Gasteiger partial charge in [0.15, 0.2) is 5.78 Å². The fourth-order valence-corrected chi connectivity index (χ4v) is 9.23. The predicted molar refractivity (Wildman–Crippen MR) is 102 cm³/mol. The molecule has 0 bridgehead atoms.